The number of unbranched alkanes of at least 4 members (excludes halogenated alkanes) is 24. The van der Waals surface area contributed by atoms with Gasteiger partial charge in [0.1, 0.15) is 5.76 Å². The molecular formula is C38H72O4. The van der Waals surface area contributed by atoms with Crippen LogP contribution in [0.2, 0.25) is 0 Å². The van der Waals surface area contributed by atoms with Gasteiger partial charge in [0, 0.05) is 12.8 Å². The summed E-state index contributed by atoms with van der Waals surface area (Å²) in [6, 6.07) is 0. The Labute approximate surface area is 262 Å². The molecule has 0 saturated carbocycles. The first-order valence-corrected chi connectivity index (χ1v) is 18.6. The van der Waals surface area contributed by atoms with Crippen LogP contribution in [0.15, 0.2) is 12.3 Å². The topological polar surface area (TPSA) is 52.6 Å². The molecule has 0 aliphatic rings. The van der Waals surface area contributed by atoms with Gasteiger partial charge < -0.3 is 9.47 Å². The maximum absolute atomic E-state index is 12.7. The number of hydrogen-bond donors (Lipinski definition) is 0. The van der Waals surface area contributed by atoms with Gasteiger partial charge in [0.15, 0.2) is 6.10 Å². The van der Waals surface area contributed by atoms with Gasteiger partial charge in [-0.25, -0.2) is 0 Å². The van der Waals surface area contributed by atoms with Crippen LogP contribution in [0.3, 0.4) is 0 Å². The standard InChI is InChI=1S/C38H72O4/c1-5-8-11-14-17-20-23-26-29-32-36(42-38(40)34-31-28-25-22-19-16-13-10-7-3)35(4)41-37(39)33-30-27-24-21-18-15-12-9-6-2/h36H,4-34H2,1-3H3. The van der Waals surface area contributed by atoms with Crippen molar-refractivity contribution in [2.24, 2.45) is 0 Å². The number of carbonyl (C=O) groups excluding carboxylic acids is 2. The quantitative estimate of drug-likeness (QED) is 0.0432. The molecule has 4 nitrogen and oxygen atoms in total. The van der Waals surface area contributed by atoms with E-state index in [0.29, 0.717) is 25.0 Å². The van der Waals surface area contributed by atoms with E-state index in [1.54, 1.807) is 0 Å². The van der Waals surface area contributed by atoms with Crippen molar-refractivity contribution in [2.45, 2.75) is 219 Å². The van der Waals surface area contributed by atoms with Crippen molar-refractivity contribution in [1.29, 1.82) is 0 Å². The van der Waals surface area contributed by atoms with E-state index in [-0.39, 0.29) is 11.9 Å². The van der Waals surface area contributed by atoms with Crippen LogP contribution in [0.5, 0.6) is 0 Å². The summed E-state index contributed by atoms with van der Waals surface area (Å²) in [4.78, 5) is 25.2. The molecule has 0 amide bonds. The van der Waals surface area contributed by atoms with E-state index in [2.05, 4.69) is 27.4 Å². The fraction of sp³-hybridized carbons (Fsp3) is 0.895. The third kappa shape index (κ3) is 28.8. The monoisotopic (exact) mass is 593 g/mol. The lowest BCUT2D eigenvalue weighted by Crippen LogP contribution is -2.23. The molecule has 0 radical (unpaired) electrons. The third-order valence-corrected chi connectivity index (χ3v) is 8.42. The predicted molar refractivity (Wildman–Crippen MR) is 181 cm³/mol. The molecule has 0 aliphatic heterocycles. The molecule has 0 saturated heterocycles. The molecule has 1 unspecified atom stereocenters. The second kappa shape index (κ2) is 32.6. The average Bonchev–Trinajstić information content (AvgIpc) is 2.97. The lowest BCUT2D eigenvalue weighted by atomic mass is 10.0. The van der Waals surface area contributed by atoms with Crippen molar-refractivity contribution in [3.8, 4) is 0 Å². The van der Waals surface area contributed by atoms with Gasteiger partial charge in [-0.05, 0) is 25.7 Å². The van der Waals surface area contributed by atoms with Crippen LogP contribution in [0, 0.1) is 0 Å². The van der Waals surface area contributed by atoms with Gasteiger partial charge >= 0.3 is 11.9 Å². The molecule has 0 aromatic rings. The first-order chi connectivity index (χ1) is 20.5. The first-order valence-electron chi connectivity index (χ1n) is 18.6. The lowest BCUT2D eigenvalue weighted by Gasteiger charge is -2.20. The van der Waals surface area contributed by atoms with Crippen molar-refractivity contribution in [2.75, 3.05) is 0 Å². The van der Waals surface area contributed by atoms with Crippen molar-refractivity contribution in [3.63, 3.8) is 0 Å². The number of hydrogen-bond acceptors (Lipinski definition) is 4. The van der Waals surface area contributed by atoms with Crippen LogP contribution in [-0.4, -0.2) is 18.0 Å². The highest BCUT2D eigenvalue weighted by Crippen LogP contribution is 2.20. The molecule has 0 heterocycles. The minimum atomic E-state index is -0.521. The Morgan fingerprint density at radius 3 is 1.14 bits per heavy atom. The van der Waals surface area contributed by atoms with Crippen LogP contribution < -0.4 is 0 Å². The minimum Gasteiger partial charge on any atom is -0.454 e. The highest BCUT2D eigenvalue weighted by Gasteiger charge is 2.21. The van der Waals surface area contributed by atoms with E-state index >= 15 is 0 Å². The SMILES string of the molecule is C=C(OC(=O)CCCCCCCCCCC)C(CCCCCCCCCCC)OC(=O)CCCCCCCCCCC. The Balaban J connectivity index is 4.37. The Hall–Kier alpha value is -1.32. The maximum Gasteiger partial charge on any atom is 0.310 e. The molecule has 4 heteroatoms. The molecule has 42 heavy (non-hydrogen) atoms. The van der Waals surface area contributed by atoms with E-state index < -0.39 is 6.10 Å². The van der Waals surface area contributed by atoms with Gasteiger partial charge in [0.25, 0.3) is 0 Å². The largest absolute Gasteiger partial charge is 0.454 e. The predicted octanol–water partition coefficient (Wildman–Crippen LogP) is 12.7. The van der Waals surface area contributed by atoms with E-state index in [4.69, 9.17) is 9.47 Å². The molecule has 0 aliphatic carbocycles. The molecule has 0 fully saturated rings. The van der Waals surface area contributed by atoms with Crippen molar-refractivity contribution >= 4 is 11.9 Å². The van der Waals surface area contributed by atoms with E-state index in [1.807, 2.05) is 0 Å². The summed E-state index contributed by atoms with van der Waals surface area (Å²) in [5.41, 5.74) is 0. The Kier molecular flexibility index (Phi) is 31.6. The highest BCUT2D eigenvalue weighted by molar-refractivity contribution is 5.71. The summed E-state index contributed by atoms with van der Waals surface area (Å²) in [5.74, 6) is -0.110. The number of rotatable bonds is 33. The lowest BCUT2D eigenvalue weighted by molar-refractivity contribution is -0.153. The Bertz CT molecular complexity index is 614. The molecule has 0 bridgehead atoms. The molecule has 0 rings (SSSR count). The summed E-state index contributed by atoms with van der Waals surface area (Å²) in [6.45, 7) is 10.8. The van der Waals surface area contributed by atoms with E-state index in [1.165, 1.54) is 135 Å². The Morgan fingerprint density at radius 1 is 0.452 bits per heavy atom. The zero-order valence-corrected chi connectivity index (χ0v) is 28.6. The first kappa shape index (κ1) is 40.7. The summed E-state index contributed by atoms with van der Waals surface area (Å²) >= 11 is 0. The van der Waals surface area contributed by atoms with Crippen LogP contribution in [0.25, 0.3) is 0 Å². The smallest absolute Gasteiger partial charge is 0.310 e. The fourth-order valence-electron chi connectivity index (χ4n) is 5.57. The van der Waals surface area contributed by atoms with E-state index in [9.17, 15) is 9.59 Å². The van der Waals surface area contributed by atoms with Crippen molar-refractivity contribution < 1.29 is 19.1 Å². The van der Waals surface area contributed by atoms with Gasteiger partial charge in [0.2, 0.25) is 0 Å². The minimum absolute atomic E-state index is 0.185. The molecular weight excluding hydrogens is 520 g/mol. The van der Waals surface area contributed by atoms with Gasteiger partial charge in [-0.3, -0.25) is 9.59 Å². The summed E-state index contributed by atoms with van der Waals surface area (Å²) in [7, 11) is 0. The average molecular weight is 593 g/mol. The zero-order valence-electron chi connectivity index (χ0n) is 28.6. The van der Waals surface area contributed by atoms with Crippen LogP contribution in [-0.2, 0) is 19.1 Å². The summed E-state index contributed by atoms with van der Waals surface area (Å²) in [6.07, 6.45) is 34.1. The third-order valence-electron chi connectivity index (χ3n) is 8.42. The molecule has 0 N–H and O–H groups in total. The van der Waals surface area contributed by atoms with Gasteiger partial charge in [-0.15, -0.1) is 0 Å². The molecule has 0 aromatic heterocycles. The number of esters is 2. The second-order valence-corrected chi connectivity index (χ2v) is 12.7. The fourth-order valence-corrected chi connectivity index (χ4v) is 5.57. The van der Waals surface area contributed by atoms with Gasteiger partial charge in [0.05, 0.1) is 0 Å². The summed E-state index contributed by atoms with van der Waals surface area (Å²) in [5, 5.41) is 0. The van der Waals surface area contributed by atoms with Crippen LogP contribution in [0.4, 0.5) is 0 Å². The second-order valence-electron chi connectivity index (χ2n) is 12.7. The summed E-state index contributed by atoms with van der Waals surface area (Å²) < 4.78 is 11.4. The molecule has 248 valence electrons. The highest BCUT2D eigenvalue weighted by atomic mass is 16.6. The maximum atomic E-state index is 12.7. The normalized spacial score (nSPS) is 11.9. The zero-order chi connectivity index (χ0) is 30.9. The van der Waals surface area contributed by atoms with Crippen molar-refractivity contribution in [3.05, 3.63) is 12.3 Å². The van der Waals surface area contributed by atoms with Crippen LogP contribution >= 0.6 is 0 Å². The van der Waals surface area contributed by atoms with Gasteiger partial charge in [-0.1, -0.05) is 181 Å². The van der Waals surface area contributed by atoms with Crippen LogP contribution in [0.1, 0.15) is 213 Å². The molecule has 1 atom stereocenters. The molecule has 0 aromatic carbocycles. The number of carbonyl (C=O) groups is 2. The van der Waals surface area contributed by atoms with Gasteiger partial charge in [-0.2, -0.15) is 0 Å². The Morgan fingerprint density at radius 2 is 0.762 bits per heavy atom. The number of ether oxygens (including phenoxy) is 2. The molecule has 0 spiro atoms. The van der Waals surface area contributed by atoms with Crippen molar-refractivity contribution in [1.82, 2.24) is 0 Å². The van der Waals surface area contributed by atoms with E-state index in [0.717, 1.165) is 38.5 Å².